The van der Waals surface area contributed by atoms with Crippen molar-refractivity contribution in [3.05, 3.63) is 22.3 Å². The topological polar surface area (TPSA) is 28.2 Å². The summed E-state index contributed by atoms with van der Waals surface area (Å²) in [5.74, 6) is 4.29. The zero-order chi connectivity index (χ0) is 14.3. The highest BCUT2D eigenvalue weighted by Gasteiger charge is 2.11. The zero-order valence-corrected chi connectivity index (χ0v) is 13.5. The minimum absolute atomic E-state index is 0.586. The third kappa shape index (κ3) is 5.22. The molecule has 0 aliphatic heterocycles. The van der Waals surface area contributed by atoms with Gasteiger partial charge in [-0.1, -0.05) is 19.8 Å². The first kappa shape index (κ1) is 16.0. The SMILES string of the molecule is C#CCN(CC)c1ncc(Br)cc1CNCC(C)C. The fraction of sp³-hybridized carbons (Fsp3) is 0.533. The highest BCUT2D eigenvalue weighted by molar-refractivity contribution is 9.10. The van der Waals surface area contributed by atoms with Gasteiger partial charge in [-0.2, -0.15) is 0 Å². The molecule has 0 fully saturated rings. The van der Waals surface area contributed by atoms with Gasteiger partial charge in [-0.3, -0.25) is 0 Å². The molecule has 1 aromatic rings. The van der Waals surface area contributed by atoms with E-state index in [1.807, 2.05) is 6.20 Å². The number of terminal acetylenes is 1. The standard InChI is InChI=1S/C15H22BrN3/c1-5-7-19(6-2)15-13(8-14(16)11-18-15)10-17-9-12(3)4/h1,8,11-12,17H,6-7,9-10H2,2-4H3. The average Bonchev–Trinajstić information content (AvgIpc) is 2.36. The Bertz CT molecular complexity index is 438. The molecule has 0 bridgehead atoms. The molecule has 0 amide bonds. The second kappa shape index (κ2) is 8.19. The molecule has 0 spiro atoms. The van der Waals surface area contributed by atoms with Crippen LogP contribution in [-0.4, -0.2) is 24.6 Å². The Labute approximate surface area is 124 Å². The van der Waals surface area contributed by atoms with Crippen molar-refractivity contribution in [3.63, 3.8) is 0 Å². The minimum Gasteiger partial charge on any atom is -0.345 e. The van der Waals surface area contributed by atoms with E-state index in [0.717, 1.165) is 29.9 Å². The molecule has 0 unspecified atom stereocenters. The summed E-state index contributed by atoms with van der Waals surface area (Å²) in [5, 5.41) is 3.45. The molecular weight excluding hydrogens is 302 g/mol. The second-order valence-electron chi connectivity index (χ2n) is 4.88. The van der Waals surface area contributed by atoms with E-state index in [1.165, 1.54) is 5.56 Å². The van der Waals surface area contributed by atoms with E-state index in [0.29, 0.717) is 12.5 Å². The zero-order valence-electron chi connectivity index (χ0n) is 11.9. The van der Waals surface area contributed by atoms with Gasteiger partial charge < -0.3 is 10.2 Å². The molecule has 0 atom stereocenters. The molecule has 0 radical (unpaired) electrons. The van der Waals surface area contributed by atoms with Crippen LogP contribution in [0.25, 0.3) is 0 Å². The lowest BCUT2D eigenvalue weighted by molar-refractivity contribution is 0.551. The summed E-state index contributed by atoms with van der Waals surface area (Å²) in [6, 6.07) is 2.11. The van der Waals surface area contributed by atoms with Crippen molar-refractivity contribution in [1.29, 1.82) is 0 Å². The molecule has 104 valence electrons. The summed E-state index contributed by atoms with van der Waals surface area (Å²) in [6.45, 7) is 9.73. The second-order valence-corrected chi connectivity index (χ2v) is 5.79. The summed E-state index contributed by atoms with van der Waals surface area (Å²) >= 11 is 3.48. The molecule has 1 heterocycles. The Kier molecular flexibility index (Phi) is 6.90. The summed E-state index contributed by atoms with van der Waals surface area (Å²) in [4.78, 5) is 6.62. The van der Waals surface area contributed by atoms with Gasteiger partial charge in [-0.25, -0.2) is 4.98 Å². The third-order valence-electron chi connectivity index (χ3n) is 2.74. The van der Waals surface area contributed by atoms with Crippen LogP contribution >= 0.6 is 15.9 Å². The average molecular weight is 324 g/mol. The van der Waals surface area contributed by atoms with Gasteiger partial charge in [0, 0.05) is 29.3 Å². The largest absolute Gasteiger partial charge is 0.345 e. The Morgan fingerprint density at radius 1 is 1.53 bits per heavy atom. The predicted octanol–water partition coefficient (Wildman–Crippen LogP) is 3.05. The van der Waals surface area contributed by atoms with Gasteiger partial charge in [0.2, 0.25) is 0 Å². The summed E-state index contributed by atoms with van der Waals surface area (Å²) in [7, 11) is 0. The first-order valence-electron chi connectivity index (χ1n) is 6.62. The Morgan fingerprint density at radius 3 is 2.84 bits per heavy atom. The van der Waals surface area contributed by atoms with Crippen molar-refractivity contribution in [2.24, 2.45) is 5.92 Å². The number of nitrogens with zero attached hydrogens (tertiary/aromatic N) is 2. The van der Waals surface area contributed by atoms with Gasteiger partial charge in [0.1, 0.15) is 5.82 Å². The van der Waals surface area contributed by atoms with Crippen LogP contribution in [0.4, 0.5) is 5.82 Å². The van der Waals surface area contributed by atoms with Crippen molar-refractivity contribution in [2.75, 3.05) is 24.5 Å². The molecule has 3 nitrogen and oxygen atoms in total. The molecule has 0 aliphatic carbocycles. The molecule has 19 heavy (non-hydrogen) atoms. The van der Waals surface area contributed by atoms with Gasteiger partial charge in [0.25, 0.3) is 0 Å². The van der Waals surface area contributed by atoms with Gasteiger partial charge in [0.05, 0.1) is 6.54 Å². The van der Waals surface area contributed by atoms with Crippen LogP contribution in [0.15, 0.2) is 16.7 Å². The number of aromatic nitrogens is 1. The minimum atomic E-state index is 0.586. The van der Waals surface area contributed by atoms with E-state index in [9.17, 15) is 0 Å². The van der Waals surface area contributed by atoms with E-state index < -0.39 is 0 Å². The van der Waals surface area contributed by atoms with Crippen LogP contribution in [0.5, 0.6) is 0 Å². The van der Waals surface area contributed by atoms with Crippen LogP contribution in [0.2, 0.25) is 0 Å². The number of halogens is 1. The lowest BCUT2D eigenvalue weighted by Crippen LogP contribution is -2.27. The highest BCUT2D eigenvalue weighted by Crippen LogP contribution is 2.21. The molecule has 1 aromatic heterocycles. The number of rotatable bonds is 7. The number of hydrogen-bond donors (Lipinski definition) is 1. The maximum absolute atomic E-state index is 5.42. The monoisotopic (exact) mass is 323 g/mol. The summed E-state index contributed by atoms with van der Waals surface area (Å²) < 4.78 is 0.995. The van der Waals surface area contributed by atoms with E-state index in [1.54, 1.807) is 0 Å². The molecule has 0 saturated carbocycles. The van der Waals surface area contributed by atoms with E-state index >= 15 is 0 Å². The normalized spacial score (nSPS) is 10.5. The first-order chi connectivity index (χ1) is 9.08. The number of anilines is 1. The van der Waals surface area contributed by atoms with Crippen LogP contribution in [0.1, 0.15) is 26.3 Å². The van der Waals surface area contributed by atoms with Gasteiger partial charge in [0.15, 0.2) is 0 Å². The molecule has 4 heteroatoms. The van der Waals surface area contributed by atoms with E-state index in [2.05, 4.69) is 63.9 Å². The maximum Gasteiger partial charge on any atom is 0.133 e. The maximum atomic E-state index is 5.42. The highest BCUT2D eigenvalue weighted by atomic mass is 79.9. The van der Waals surface area contributed by atoms with Crippen molar-refractivity contribution in [2.45, 2.75) is 27.3 Å². The van der Waals surface area contributed by atoms with Gasteiger partial charge >= 0.3 is 0 Å². The molecule has 1 rings (SSSR count). The molecule has 0 aromatic carbocycles. The van der Waals surface area contributed by atoms with Crippen LogP contribution in [-0.2, 0) is 6.54 Å². The molecule has 1 N–H and O–H groups in total. The molecule has 0 saturated heterocycles. The predicted molar refractivity (Wildman–Crippen MR) is 85.2 cm³/mol. The number of hydrogen-bond acceptors (Lipinski definition) is 3. The fourth-order valence-corrected chi connectivity index (χ4v) is 2.21. The van der Waals surface area contributed by atoms with Crippen molar-refractivity contribution in [1.82, 2.24) is 10.3 Å². The Hall–Kier alpha value is -1.05. The summed E-state index contributed by atoms with van der Waals surface area (Å²) in [5.41, 5.74) is 1.17. The van der Waals surface area contributed by atoms with Crippen molar-refractivity contribution >= 4 is 21.7 Å². The lowest BCUT2D eigenvalue weighted by atomic mass is 10.2. The van der Waals surface area contributed by atoms with Crippen LogP contribution in [0.3, 0.4) is 0 Å². The van der Waals surface area contributed by atoms with Crippen LogP contribution < -0.4 is 10.2 Å². The van der Waals surface area contributed by atoms with Crippen molar-refractivity contribution < 1.29 is 0 Å². The first-order valence-corrected chi connectivity index (χ1v) is 7.41. The Balaban J connectivity index is 2.87. The third-order valence-corrected chi connectivity index (χ3v) is 3.17. The fourth-order valence-electron chi connectivity index (χ4n) is 1.83. The Morgan fingerprint density at radius 2 is 2.26 bits per heavy atom. The summed E-state index contributed by atoms with van der Waals surface area (Å²) in [6.07, 6.45) is 7.24. The van der Waals surface area contributed by atoms with E-state index in [-0.39, 0.29) is 0 Å². The quantitative estimate of drug-likeness (QED) is 0.782. The van der Waals surface area contributed by atoms with Crippen LogP contribution in [0, 0.1) is 18.3 Å². The number of pyridine rings is 1. The van der Waals surface area contributed by atoms with Crippen molar-refractivity contribution in [3.8, 4) is 12.3 Å². The van der Waals surface area contributed by atoms with E-state index in [4.69, 9.17) is 6.42 Å². The molecular formula is C15H22BrN3. The number of nitrogens with one attached hydrogen (secondary N) is 1. The van der Waals surface area contributed by atoms with Gasteiger partial charge in [-0.15, -0.1) is 6.42 Å². The van der Waals surface area contributed by atoms with Gasteiger partial charge in [-0.05, 0) is 41.4 Å². The lowest BCUT2D eigenvalue weighted by Gasteiger charge is -2.22. The smallest absolute Gasteiger partial charge is 0.133 e. The molecule has 0 aliphatic rings.